The molecule has 0 bridgehead atoms. The number of esters is 1. The van der Waals surface area contributed by atoms with Gasteiger partial charge in [0, 0.05) is 19.2 Å². The summed E-state index contributed by atoms with van der Waals surface area (Å²) in [5.41, 5.74) is -0.487. The van der Waals surface area contributed by atoms with E-state index >= 15 is 0 Å². The lowest BCUT2D eigenvalue weighted by molar-refractivity contribution is -0.151. The SMILES string of the molecule is CCOC(=O)C1(NC)CCC(N2CCCC(OCC)C2)C1. The Kier molecular flexibility index (Phi) is 6.02. The van der Waals surface area contributed by atoms with Gasteiger partial charge in [-0.05, 0) is 59.5 Å². The predicted molar refractivity (Wildman–Crippen MR) is 82.3 cm³/mol. The summed E-state index contributed by atoms with van der Waals surface area (Å²) in [7, 11) is 1.87. The summed E-state index contributed by atoms with van der Waals surface area (Å²) < 4.78 is 11.1. The van der Waals surface area contributed by atoms with Crippen LogP contribution in [0.4, 0.5) is 0 Å². The van der Waals surface area contributed by atoms with E-state index in [0.29, 0.717) is 18.8 Å². The number of carbonyl (C=O) groups excluding carboxylic acids is 1. The Labute approximate surface area is 128 Å². The van der Waals surface area contributed by atoms with Gasteiger partial charge in [0.2, 0.25) is 0 Å². The van der Waals surface area contributed by atoms with Crippen LogP contribution in [0, 0.1) is 0 Å². The Hall–Kier alpha value is -0.650. The fraction of sp³-hybridized carbons (Fsp3) is 0.938. The predicted octanol–water partition coefficient (Wildman–Crippen LogP) is 1.56. The van der Waals surface area contributed by atoms with E-state index < -0.39 is 5.54 Å². The lowest BCUT2D eigenvalue weighted by Gasteiger charge is -2.37. The summed E-state index contributed by atoms with van der Waals surface area (Å²) >= 11 is 0. The molecule has 0 radical (unpaired) electrons. The molecule has 5 heteroatoms. The van der Waals surface area contributed by atoms with Gasteiger partial charge in [-0.25, -0.2) is 0 Å². The monoisotopic (exact) mass is 298 g/mol. The molecule has 0 aromatic carbocycles. The number of nitrogens with one attached hydrogen (secondary N) is 1. The Bertz CT molecular complexity index is 348. The molecule has 3 unspecified atom stereocenters. The minimum absolute atomic E-state index is 0.0895. The van der Waals surface area contributed by atoms with Crippen LogP contribution in [-0.2, 0) is 14.3 Å². The van der Waals surface area contributed by atoms with Crippen LogP contribution in [-0.4, -0.2) is 61.9 Å². The third-order valence-electron chi connectivity index (χ3n) is 4.96. The number of carbonyl (C=O) groups is 1. The fourth-order valence-electron chi connectivity index (χ4n) is 3.78. The number of hydrogen-bond acceptors (Lipinski definition) is 5. The minimum Gasteiger partial charge on any atom is -0.465 e. The molecule has 1 aliphatic carbocycles. The molecule has 1 saturated heterocycles. The van der Waals surface area contributed by atoms with Crippen LogP contribution in [0.15, 0.2) is 0 Å². The Morgan fingerprint density at radius 1 is 1.33 bits per heavy atom. The zero-order chi connectivity index (χ0) is 15.3. The zero-order valence-corrected chi connectivity index (χ0v) is 13.7. The highest BCUT2D eigenvalue weighted by atomic mass is 16.5. The summed E-state index contributed by atoms with van der Waals surface area (Å²) in [5.74, 6) is -0.0895. The first kappa shape index (κ1) is 16.7. The van der Waals surface area contributed by atoms with E-state index in [4.69, 9.17) is 9.47 Å². The lowest BCUT2D eigenvalue weighted by atomic mass is 9.97. The molecule has 0 aromatic rings. The number of nitrogens with zero attached hydrogens (tertiary/aromatic N) is 1. The second kappa shape index (κ2) is 7.56. The van der Waals surface area contributed by atoms with Gasteiger partial charge in [-0.1, -0.05) is 0 Å². The van der Waals surface area contributed by atoms with Crippen molar-refractivity contribution in [3.63, 3.8) is 0 Å². The van der Waals surface area contributed by atoms with Gasteiger partial charge in [-0.15, -0.1) is 0 Å². The van der Waals surface area contributed by atoms with Gasteiger partial charge < -0.3 is 14.8 Å². The third-order valence-corrected chi connectivity index (χ3v) is 4.96. The van der Waals surface area contributed by atoms with E-state index in [1.54, 1.807) is 0 Å². The van der Waals surface area contributed by atoms with Crippen LogP contribution < -0.4 is 5.32 Å². The number of ether oxygens (including phenoxy) is 2. The first-order valence-electron chi connectivity index (χ1n) is 8.37. The normalized spacial score (nSPS) is 34.0. The van der Waals surface area contributed by atoms with Gasteiger partial charge in [0.15, 0.2) is 0 Å². The molecular formula is C16H30N2O3. The molecule has 1 heterocycles. The van der Waals surface area contributed by atoms with E-state index in [1.807, 2.05) is 14.0 Å². The number of rotatable bonds is 6. The zero-order valence-electron chi connectivity index (χ0n) is 13.7. The van der Waals surface area contributed by atoms with Crippen LogP contribution in [0.5, 0.6) is 0 Å². The summed E-state index contributed by atoms with van der Waals surface area (Å²) in [6, 6.07) is 0.463. The second-order valence-electron chi connectivity index (χ2n) is 6.16. The average molecular weight is 298 g/mol. The molecule has 2 aliphatic rings. The van der Waals surface area contributed by atoms with E-state index in [-0.39, 0.29) is 5.97 Å². The smallest absolute Gasteiger partial charge is 0.326 e. The minimum atomic E-state index is -0.487. The number of piperidine rings is 1. The molecular weight excluding hydrogens is 268 g/mol. The summed E-state index contributed by atoms with van der Waals surface area (Å²) in [5, 5.41) is 3.23. The van der Waals surface area contributed by atoms with Gasteiger partial charge in [0.1, 0.15) is 5.54 Å². The molecule has 21 heavy (non-hydrogen) atoms. The summed E-state index contributed by atoms with van der Waals surface area (Å²) in [6.07, 6.45) is 5.47. The third kappa shape index (κ3) is 3.76. The van der Waals surface area contributed by atoms with Crippen molar-refractivity contribution in [1.82, 2.24) is 10.2 Å². The van der Waals surface area contributed by atoms with Crippen molar-refractivity contribution in [1.29, 1.82) is 0 Å². The molecule has 0 spiro atoms. The maximum Gasteiger partial charge on any atom is 0.326 e. The average Bonchev–Trinajstić information content (AvgIpc) is 2.94. The van der Waals surface area contributed by atoms with Gasteiger partial charge in [-0.2, -0.15) is 0 Å². The highest BCUT2D eigenvalue weighted by Crippen LogP contribution is 2.35. The molecule has 1 saturated carbocycles. The lowest BCUT2D eigenvalue weighted by Crippen LogP contribution is -2.51. The van der Waals surface area contributed by atoms with Gasteiger partial charge in [0.25, 0.3) is 0 Å². The molecule has 5 nitrogen and oxygen atoms in total. The van der Waals surface area contributed by atoms with Crippen molar-refractivity contribution < 1.29 is 14.3 Å². The molecule has 1 aliphatic heterocycles. The van der Waals surface area contributed by atoms with E-state index in [1.165, 1.54) is 6.42 Å². The topological polar surface area (TPSA) is 50.8 Å². The molecule has 1 N–H and O–H groups in total. The maximum atomic E-state index is 12.3. The standard InChI is InChI=1S/C16H30N2O3/c1-4-20-14-7-6-10-18(12-14)13-8-9-16(11-13,17-3)15(19)21-5-2/h13-14,17H,4-12H2,1-3H3. The molecule has 0 aromatic heterocycles. The van der Waals surface area contributed by atoms with Crippen LogP contribution in [0.1, 0.15) is 46.0 Å². The van der Waals surface area contributed by atoms with Crippen molar-refractivity contribution in [2.45, 2.75) is 63.6 Å². The summed E-state index contributed by atoms with van der Waals surface area (Å²) in [6.45, 7) is 7.28. The maximum absolute atomic E-state index is 12.3. The Balaban J connectivity index is 1.95. The quantitative estimate of drug-likeness (QED) is 0.754. The number of likely N-dealkylation sites (tertiary alicyclic amines) is 1. The van der Waals surface area contributed by atoms with Gasteiger partial charge in [0.05, 0.1) is 12.7 Å². The van der Waals surface area contributed by atoms with Crippen molar-refractivity contribution >= 4 is 5.97 Å². The van der Waals surface area contributed by atoms with E-state index in [2.05, 4.69) is 17.1 Å². The van der Waals surface area contributed by atoms with Gasteiger partial charge in [-0.3, -0.25) is 9.69 Å². The van der Waals surface area contributed by atoms with Crippen molar-refractivity contribution in [2.24, 2.45) is 0 Å². The van der Waals surface area contributed by atoms with Crippen LogP contribution >= 0.6 is 0 Å². The Morgan fingerprint density at radius 3 is 2.81 bits per heavy atom. The van der Waals surface area contributed by atoms with E-state index in [0.717, 1.165) is 45.4 Å². The van der Waals surface area contributed by atoms with Crippen molar-refractivity contribution in [2.75, 3.05) is 33.4 Å². The van der Waals surface area contributed by atoms with Crippen LogP contribution in [0.25, 0.3) is 0 Å². The highest BCUT2D eigenvalue weighted by molar-refractivity contribution is 5.81. The molecule has 122 valence electrons. The first-order chi connectivity index (χ1) is 10.1. The molecule has 2 fully saturated rings. The van der Waals surface area contributed by atoms with Gasteiger partial charge >= 0.3 is 5.97 Å². The number of likely N-dealkylation sites (N-methyl/N-ethyl adjacent to an activating group) is 1. The van der Waals surface area contributed by atoms with E-state index in [9.17, 15) is 4.79 Å². The molecule has 2 rings (SSSR count). The molecule has 0 amide bonds. The fourth-order valence-corrected chi connectivity index (χ4v) is 3.78. The van der Waals surface area contributed by atoms with Crippen molar-refractivity contribution in [3.05, 3.63) is 0 Å². The van der Waals surface area contributed by atoms with Crippen LogP contribution in [0.3, 0.4) is 0 Å². The Morgan fingerprint density at radius 2 is 2.14 bits per heavy atom. The second-order valence-corrected chi connectivity index (χ2v) is 6.16. The summed E-state index contributed by atoms with van der Waals surface area (Å²) in [4.78, 5) is 14.8. The highest BCUT2D eigenvalue weighted by Gasteiger charge is 2.47. The largest absolute Gasteiger partial charge is 0.465 e. The first-order valence-corrected chi connectivity index (χ1v) is 8.37. The van der Waals surface area contributed by atoms with Crippen LogP contribution in [0.2, 0.25) is 0 Å². The number of hydrogen-bond donors (Lipinski definition) is 1. The molecule has 3 atom stereocenters. The van der Waals surface area contributed by atoms with Crippen molar-refractivity contribution in [3.8, 4) is 0 Å².